The zero-order valence-electron chi connectivity index (χ0n) is 9.84. The maximum absolute atomic E-state index is 12.0. The van der Waals surface area contributed by atoms with Gasteiger partial charge in [-0.3, -0.25) is 14.6 Å². The Kier molecular flexibility index (Phi) is 3.65. The van der Waals surface area contributed by atoms with Gasteiger partial charge in [-0.2, -0.15) is 0 Å². The zero-order valence-corrected chi connectivity index (χ0v) is 11.4. The number of pyridine rings is 1. The average molecular weight is 313 g/mol. The minimum atomic E-state index is -0.809. The number of hydrogen-bond donors (Lipinski definition) is 1. The average Bonchev–Trinajstić information content (AvgIpc) is 2.26. The van der Waals surface area contributed by atoms with Crippen molar-refractivity contribution in [3.8, 4) is 0 Å². The standard InChI is InChI=1S/C12H13BrN2O3/c1-7(12(17)18)9-5-15(6-9)11(16)8-2-10(13)4-14-3-8/h2-4,7,9H,5-6H2,1H3,(H,17,18). The van der Waals surface area contributed by atoms with E-state index >= 15 is 0 Å². The van der Waals surface area contributed by atoms with Crippen LogP contribution >= 0.6 is 15.9 Å². The van der Waals surface area contributed by atoms with E-state index < -0.39 is 11.9 Å². The van der Waals surface area contributed by atoms with Gasteiger partial charge in [0.1, 0.15) is 0 Å². The molecule has 0 spiro atoms. The van der Waals surface area contributed by atoms with Gasteiger partial charge in [-0.15, -0.1) is 0 Å². The van der Waals surface area contributed by atoms with Crippen LogP contribution in [0.15, 0.2) is 22.9 Å². The molecule has 5 nitrogen and oxygen atoms in total. The van der Waals surface area contributed by atoms with Crippen LogP contribution < -0.4 is 0 Å². The van der Waals surface area contributed by atoms with Crippen LogP contribution in [-0.2, 0) is 4.79 Å². The Hall–Kier alpha value is -1.43. The van der Waals surface area contributed by atoms with Gasteiger partial charge in [-0.05, 0) is 22.0 Å². The number of nitrogens with zero attached hydrogens (tertiary/aromatic N) is 2. The molecule has 2 rings (SSSR count). The maximum atomic E-state index is 12.0. The van der Waals surface area contributed by atoms with Crippen molar-refractivity contribution in [1.82, 2.24) is 9.88 Å². The molecule has 1 atom stereocenters. The van der Waals surface area contributed by atoms with Crippen LogP contribution in [0.5, 0.6) is 0 Å². The third-order valence-electron chi connectivity index (χ3n) is 3.25. The zero-order chi connectivity index (χ0) is 13.3. The van der Waals surface area contributed by atoms with Crippen LogP contribution in [0, 0.1) is 11.8 Å². The van der Waals surface area contributed by atoms with Gasteiger partial charge in [-0.25, -0.2) is 0 Å². The molecule has 1 aromatic rings. The monoisotopic (exact) mass is 312 g/mol. The Morgan fingerprint density at radius 1 is 1.50 bits per heavy atom. The van der Waals surface area contributed by atoms with E-state index in [4.69, 9.17) is 5.11 Å². The highest BCUT2D eigenvalue weighted by Gasteiger charge is 2.37. The largest absolute Gasteiger partial charge is 0.481 e. The highest BCUT2D eigenvalue weighted by molar-refractivity contribution is 9.10. The number of amides is 1. The van der Waals surface area contributed by atoms with Crippen LogP contribution in [0.2, 0.25) is 0 Å². The smallest absolute Gasteiger partial charge is 0.306 e. The molecule has 1 N–H and O–H groups in total. The molecule has 1 aliphatic rings. The fourth-order valence-electron chi connectivity index (χ4n) is 1.91. The molecule has 0 saturated carbocycles. The number of likely N-dealkylation sites (tertiary alicyclic amines) is 1. The molecule has 18 heavy (non-hydrogen) atoms. The highest BCUT2D eigenvalue weighted by Crippen LogP contribution is 2.25. The minimum Gasteiger partial charge on any atom is -0.481 e. The second kappa shape index (κ2) is 5.06. The van der Waals surface area contributed by atoms with Gasteiger partial charge < -0.3 is 10.0 Å². The van der Waals surface area contributed by atoms with Gasteiger partial charge in [0.2, 0.25) is 0 Å². The first-order valence-electron chi connectivity index (χ1n) is 5.61. The van der Waals surface area contributed by atoms with E-state index in [2.05, 4.69) is 20.9 Å². The second-order valence-corrected chi connectivity index (χ2v) is 5.40. The Bertz CT molecular complexity index is 486. The summed E-state index contributed by atoms with van der Waals surface area (Å²) in [6, 6.07) is 1.71. The molecule has 1 aromatic heterocycles. The summed E-state index contributed by atoms with van der Waals surface area (Å²) in [4.78, 5) is 28.4. The van der Waals surface area contributed by atoms with Crippen molar-refractivity contribution >= 4 is 27.8 Å². The summed E-state index contributed by atoms with van der Waals surface area (Å²) in [6.07, 6.45) is 3.13. The van der Waals surface area contributed by atoms with E-state index in [1.807, 2.05) is 0 Å². The first kappa shape index (κ1) is 13.0. The number of carboxylic acid groups (broad SMARTS) is 1. The van der Waals surface area contributed by atoms with Gasteiger partial charge >= 0.3 is 5.97 Å². The summed E-state index contributed by atoms with van der Waals surface area (Å²) < 4.78 is 0.754. The van der Waals surface area contributed by atoms with Crippen molar-refractivity contribution in [3.63, 3.8) is 0 Å². The maximum Gasteiger partial charge on any atom is 0.306 e. The number of hydrogen-bond acceptors (Lipinski definition) is 3. The molecular weight excluding hydrogens is 300 g/mol. The number of rotatable bonds is 3. The number of halogens is 1. The van der Waals surface area contributed by atoms with Crippen LogP contribution in [0.1, 0.15) is 17.3 Å². The highest BCUT2D eigenvalue weighted by atomic mass is 79.9. The van der Waals surface area contributed by atoms with Crippen molar-refractivity contribution < 1.29 is 14.7 Å². The van der Waals surface area contributed by atoms with Gasteiger partial charge in [0.05, 0.1) is 11.5 Å². The lowest BCUT2D eigenvalue weighted by atomic mass is 9.87. The van der Waals surface area contributed by atoms with Gasteiger partial charge in [-0.1, -0.05) is 6.92 Å². The molecular formula is C12H13BrN2O3. The summed E-state index contributed by atoms with van der Waals surface area (Å²) >= 11 is 3.26. The van der Waals surface area contributed by atoms with Crippen molar-refractivity contribution in [2.24, 2.45) is 11.8 Å². The molecule has 0 radical (unpaired) electrons. The third-order valence-corrected chi connectivity index (χ3v) is 3.68. The van der Waals surface area contributed by atoms with Crippen LogP contribution in [0.25, 0.3) is 0 Å². The van der Waals surface area contributed by atoms with Crippen molar-refractivity contribution in [1.29, 1.82) is 0 Å². The van der Waals surface area contributed by atoms with Crippen molar-refractivity contribution in [2.75, 3.05) is 13.1 Å². The summed E-state index contributed by atoms with van der Waals surface area (Å²) in [5, 5.41) is 8.88. The molecule has 1 aliphatic heterocycles. The quantitative estimate of drug-likeness (QED) is 0.921. The Labute approximate surface area is 113 Å². The van der Waals surface area contributed by atoms with E-state index in [0.29, 0.717) is 18.7 Å². The number of aromatic nitrogens is 1. The minimum absolute atomic E-state index is 0.0477. The van der Waals surface area contributed by atoms with Crippen LogP contribution in [0.3, 0.4) is 0 Å². The molecule has 96 valence electrons. The van der Waals surface area contributed by atoms with Crippen molar-refractivity contribution in [2.45, 2.75) is 6.92 Å². The lowest BCUT2D eigenvalue weighted by molar-refractivity contribution is -0.144. The predicted octanol–water partition coefficient (Wildman–Crippen LogP) is 1.64. The Balaban J connectivity index is 1.96. The van der Waals surface area contributed by atoms with Crippen LogP contribution in [-0.4, -0.2) is 40.0 Å². The van der Waals surface area contributed by atoms with E-state index in [9.17, 15) is 9.59 Å². The number of carbonyl (C=O) groups excluding carboxylic acids is 1. The van der Waals surface area contributed by atoms with Gasteiger partial charge in [0.25, 0.3) is 5.91 Å². The summed E-state index contributed by atoms with van der Waals surface area (Å²) in [7, 11) is 0. The lowest BCUT2D eigenvalue weighted by Crippen LogP contribution is -2.53. The van der Waals surface area contributed by atoms with Crippen molar-refractivity contribution in [3.05, 3.63) is 28.5 Å². The fraction of sp³-hybridized carbons (Fsp3) is 0.417. The van der Waals surface area contributed by atoms with E-state index in [0.717, 1.165) is 4.47 Å². The molecule has 1 amide bonds. The van der Waals surface area contributed by atoms with E-state index in [-0.39, 0.29) is 11.8 Å². The fourth-order valence-corrected chi connectivity index (χ4v) is 2.27. The molecule has 0 aromatic carbocycles. The SMILES string of the molecule is CC(C(=O)O)C1CN(C(=O)c2cncc(Br)c2)C1. The molecule has 1 unspecified atom stereocenters. The normalized spacial score (nSPS) is 17.1. The number of aliphatic carboxylic acids is 1. The molecule has 6 heteroatoms. The summed E-state index contributed by atoms with van der Waals surface area (Å²) in [5.41, 5.74) is 0.519. The topological polar surface area (TPSA) is 70.5 Å². The Morgan fingerprint density at radius 3 is 2.72 bits per heavy atom. The third kappa shape index (κ3) is 2.53. The van der Waals surface area contributed by atoms with Crippen LogP contribution in [0.4, 0.5) is 0 Å². The van der Waals surface area contributed by atoms with Gasteiger partial charge in [0, 0.05) is 35.9 Å². The van der Waals surface area contributed by atoms with E-state index in [1.54, 1.807) is 24.1 Å². The lowest BCUT2D eigenvalue weighted by Gasteiger charge is -2.41. The first-order valence-corrected chi connectivity index (χ1v) is 6.41. The summed E-state index contributed by atoms with van der Waals surface area (Å²) in [6.45, 7) is 2.67. The number of carbonyl (C=O) groups is 2. The molecule has 1 fully saturated rings. The molecule has 1 saturated heterocycles. The molecule has 0 bridgehead atoms. The molecule has 2 heterocycles. The molecule has 0 aliphatic carbocycles. The summed E-state index contributed by atoms with van der Waals surface area (Å²) in [5.74, 6) is -1.27. The first-order chi connectivity index (χ1) is 8.49. The van der Waals surface area contributed by atoms with Gasteiger partial charge in [0.15, 0.2) is 0 Å². The van der Waals surface area contributed by atoms with E-state index in [1.165, 1.54) is 6.20 Å². The number of carboxylic acids is 1. The second-order valence-electron chi connectivity index (χ2n) is 4.49. The predicted molar refractivity (Wildman–Crippen MR) is 68.1 cm³/mol. The Morgan fingerprint density at radius 2 is 2.17 bits per heavy atom.